The molecular formula is C15H18FNO4. The molecule has 0 unspecified atom stereocenters. The van der Waals surface area contributed by atoms with Crippen LogP contribution in [0.4, 0.5) is 9.18 Å². The van der Waals surface area contributed by atoms with E-state index in [1.165, 1.54) is 12.1 Å². The summed E-state index contributed by atoms with van der Waals surface area (Å²) in [5, 5.41) is 11.2. The second-order valence-corrected chi connectivity index (χ2v) is 5.33. The van der Waals surface area contributed by atoms with Crippen molar-refractivity contribution in [3.8, 4) is 0 Å². The van der Waals surface area contributed by atoms with Crippen molar-refractivity contribution in [2.75, 3.05) is 6.54 Å². The van der Waals surface area contributed by atoms with Gasteiger partial charge in [-0.05, 0) is 38.5 Å². The normalized spacial score (nSPS) is 11.4. The summed E-state index contributed by atoms with van der Waals surface area (Å²) in [5.41, 5.74) is -0.439. The van der Waals surface area contributed by atoms with Gasteiger partial charge in [0.1, 0.15) is 11.4 Å². The Morgan fingerprint density at radius 1 is 1.38 bits per heavy atom. The predicted molar refractivity (Wildman–Crippen MR) is 76.6 cm³/mol. The van der Waals surface area contributed by atoms with Gasteiger partial charge in [-0.25, -0.2) is 14.0 Å². The number of alkyl carbamates (subject to hydrolysis) is 1. The molecule has 0 aliphatic carbocycles. The Balaban J connectivity index is 2.53. The van der Waals surface area contributed by atoms with E-state index in [2.05, 4.69) is 5.32 Å². The lowest BCUT2D eigenvalue weighted by molar-refractivity contribution is 0.0533. The van der Waals surface area contributed by atoms with Crippen molar-refractivity contribution in [2.24, 2.45) is 0 Å². The summed E-state index contributed by atoms with van der Waals surface area (Å²) in [6, 6.07) is 3.79. The van der Waals surface area contributed by atoms with Crippen LogP contribution >= 0.6 is 0 Å². The van der Waals surface area contributed by atoms with Gasteiger partial charge in [0, 0.05) is 6.54 Å². The van der Waals surface area contributed by atoms with Crippen molar-refractivity contribution >= 4 is 18.1 Å². The van der Waals surface area contributed by atoms with Crippen LogP contribution in [0.1, 0.15) is 36.7 Å². The topological polar surface area (TPSA) is 75.6 Å². The molecule has 0 aliphatic rings. The van der Waals surface area contributed by atoms with Crippen molar-refractivity contribution in [1.29, 1.82) is 0 Å². The number of rotatable bonds is 4. The smallest absolute Gasteiger partial charge is 0.407 e. The van der Waals surface area contributed by atoms with Gasteiger partial charge in [0.25, 0.3) is 0 Å². The predicted octanol–water partition coefficient (Wildman–Crippen LogP) is 3.06. The molecule has 1 aromatic carbocycles. The molecule has 114 valence electrons. The largest absolute Gasteiger partial charge is 0.478 e. The van der Waals surface area contributed by atoms with E-state index in [4.69, 9.17) is 9.84 Å². The van der Waals surface area contributed by atoms with Crippen LogP contribution in [0.3, 0.4) is 0 Å². The second kappa shape index (κ2) is 6.88. The lowest BCUT2D eigenvalue weighted by atomic mass is 10.1. The Morgan fingerprint density at radius 2 is 2.05 bits per heavy atom. The van der Waals surface area contributed by atoms with Gasteiger partial charge in [0.2, 0.25) is 0 Å². The summed E-state index contributed by atoms with van der Waals surface area (Å²) in [7, 11) is 0. The maximum Gasteiger partial charge on any atom is 0.407 e. The van der Waals surface area contributed by atoms with Gasteiger partial charge >= 0.3 is 12.1 Å². The van der Waals surface area contributed by atoms with Gasteiger partial charge < -0.3 is 15.2 Å². The van der Waals surface area contributed by atoms with E-state index in [9.17, 15) is 14.0 Å². The molecule has 6 heteroatoms. The summed E-state index contributed by atoms with van der Waals surface area (Å²) < 4.78 is 18.5. The molecule has 1 aromatic rings. The van der Waals surface area contributed by atoms with Gasteiger partial charge in [-0.1, -0.05) is 18.2 Å². The minimum Gasteiger partial charge on any atom is -0.478 e. The second-order valence-electron chi connectivity index (χ2n) is 5.33. The standard InChI is InChI=1S/C15H18FNO4/c1-15(2,3)21-14(20)17-8-4-5-10-6-7-11(13(18)19)12(16)9-10/h4-7,9H,8H2,1-3H3,(H,17,20)(H,18,19). The maximum absolute atomic E-state index is 13.4. The van der Waals surface area contributed by atoms with Crippen LogP contribution in [-0.2, 0) is 4.74 Å². The molecule has 0 spiro atoms. The number of carboxylic acids is 1. The Labute approximate surface area is 122 Å². The third-order valence-electron chi connectivity index (χ3n) is 2.30. The van der Waals surface area contributed by atoms with E-state index in [0.717, 1.165) is 6.07 Å². The summed E-state index contributed by atoms with van der Waals surface area (Å²) in [6.07, 6.45) is 2.64. The first-order chi connectivity index (χ1) is 9.69. The number of carbonyl (C=O) groups is 2. The molecule has 5 nitrogen and oxygen atoms in total. The Kier molecular flexibility index (Phi) is 5.46. The lowest BCUT2D eigenvalue weighted by Crippen LogP contribution is -2.32. The molecule has 0 radical (unpaired) electrons. The van der Waals surface area contributed by atoms with Crippen molar-refractivity contribution in [3.63, 3.8) is 0 Å². The van der Waals surface area contributed by atoms with E-state index in [1.807, 2.05) is 0 Å². The number of carbonyl (C=O) groups excluding carboxylic acids is 1. The highest BCUT2D eigenvalue weighted by atomic mass is 19.1. The Hall–Kier alpha value is -2.37. The molecule has 0 bridgehead atoms. The molecule has 0 saturated heterocycles. The summed E-state index contributed by atoms with van der Waals surface area (Å²) in [5.74, 6) is -2.11. The number of hydrogen-bond acceptors (Lipinski definition) is 3. The van der Waals surface area contributed by atoms with E-state index in [0.29, 0.717) is 5.56 Å². The summed E-state index contributed by atoms with van der Waals surface area (Å²) in [6.45, 7) is 5.50. The van der Waals surface area contributed by atoms with Crippen LogP contribution in [-0.4, -0.2) is 29.3 Å². The Bertz CT molecular complexity index is 561. The van der Waals surface area contributed by atoms with Gasteiger partial charge in [0.15, 0.2) is 0 Å². The quantitative estimate of drug-likeness (QED) is 0.895. The summed E-state index contributed by atoms with van der Waals surface area (Å²) in [4.78, 5) is 22.0. The average molecular weight is 295 g/mol. The zero-order valence-electron chi connectivity index (χ0n) is 12.1. The molecular weight excluding hydrogens is 277 g/mol. The number of ether oxygens (including phenoxy) is 1. The van der Waals surface area contributed by atoms with Crippen LogP contribution in [0.5, 0.6) is 0 Å². The van der Waals surface area contributed by atoms with Gasteiger partial charge in [-0.15, -0.1) is 0 Å². The Morgan fingerprint density at radius 3 is 2.57 bits per heavy atom. The first-order valence-electron chi connectivity index (χ1n) is 6.35. The minimum atomic E-state index is -1.31. The molecule has 0 heterocycles. The molecule has 2 N–H and O–H groups in total. The van der Waals surface area contributed by atoms with Crippen LogP contribution < -0.4 is 5.32 Å². The van der Waals surface area contributed by atoms with Crippen molar-refractivity contribution in [3.05, 3.63) is 41.2 Å². The first kappa shape index (κ1) is 16.7. The van der Waals surface area contributed by atoms with E-state index >= 15 is 0 Å². The van der Waals surface area contributed by atoms with E-state index in [-0.39, 0.29) is 12.1 Å². The zero-order valence-corrected chi connectivity index (χ0v) is 12.1. The summed E-state index contributed by atoms with van der Waals surface area (Å²) >= 11 is 0. The van der Waals surface area contributed by atoms with Crippen molar-refractivity contribution in [2.45, 2.75) is 26.4 Å². The molecule has 1 rings (SSSR count). The monoisotopic (exact) mass is 295 g/mol. The van der Waals surface area contributed by atoms with Gasteiger partial charge in [-0.3, -0.25) is 0 Å². The fourth-order valence-corrected chi connectivity index (χ4v) is 1.46. The fourth-order valence-electron chi connectivity index (χ4n) is 1.46. The lowest BCUT2D eigenvalue weighted by Gasteiger charge is -2.19. The maximum atomic E-state index is 13.4. The molecule has 21 heavy (non-hydrogen) atoms. The van der Waals surface area contributed by atoms with Crippen molar-refractivity contribution < 1.29 is 23.8 Å². The van der Waals surface area contributed by atoms with Gasteiger partial charge in [-0.2, -0.15) is 0 Å². The van der Waals surface area contributed by atoms with Crippen LogP contribution in [0.15, 0.2) is 24.3 Å². The number of benzene rings is 1. The third kappa shape index (κ3) is 6.07. The highest BCUT2D eigenvalue weighted by Gasteiger charge is 2.15. The molecule has 0 aromatic heterocycles. The minimum absolute atomic E-state index is 0.219. The molecule has 0 aliphatic heterocycles. The van der Waals surface area contributed by atoms with Crippen LogP contribution in [0.2, 0.25) is 0 Å². The zero-order chi connectivity index (χ0) is 16.0. The molecule has 0 saturated carbocycles. The SMILES string of the molecule is CC(C)(C)OC(=O)NCC=Cc1ccc(C(=O)O)c(F)c1. The number of halogens is 1. The number of hydrogen-bond donors (Lipinski definition) is 2. The van der Waals surface area contributed by atoms with Crippen LogP contribution in [0.25, 0.3) is 6.08 Å². The molecule has 0 atom stereocenters. The van der Waals surface area contributed by atoms with E-state index in [1.54, 1.807) is 32.9 Å². The van der Waals surface area contributed by atoms with Crippen LogP contribution in [0, 0.1) is 5.82 Å². The van der Waals surface area contributed by atoms with Gasteiger partial charge in [0.05, 0.1) is 5.56 Å². The highest BCUT2D eigenvalue weighted by molar-refractivity contribution is 5.88. The highest BCUT2D eigenvalue weighted by Crippen LogP contribution is 2.11. The number of amides is 1. The molecule has 0 fully saturated rings. The number of nitrogens with one attached hydrogen (secondary N) is 1. The number of aromatic carboxylic acids is 1. The third-order valence-corrected chi connectivity index (χ3v) is 2.30. The first-order valence-corrected chi connectivity index (χ1v) is 6.35. The van der Waals surface area contributed by atoms with Crippen molar-refractivity contribution in [1.82, 2.24) is 5.32 Å². The number of carboxylic acid groups (broad SMARTS) is 1. The molecule has 1 amide bonds. The van der Waals surface area contributed by atoms with E-state index < -0.39 is 23.5 Å². The average Bonchev–Trinajstić information content (AvgIpc) is 2.32. The fraction of sp³-hybridized carbons (Fsp3) is 0.333.